The maximum absolute atomic E-state index is 2.41. The Hall–Kier alpha value is -1.86. The summed E-state index contributed by atoms with van der Waals surface area (Å²) in [6, 6.07) is 20.6. The molecule has 0 amide bonds. The van der Waals surface area contributed by atoms with E-state index in [1.165, 1.54) is 81.5 Å². The van der Waals surface area contributed by atoms with E-state index in [2.05, 4.69) is 61.5 Å². The van der Waals surface area contributed by atoms with Crippen molar-refractivity contribution in [2.75, 3.05) is 0 Å². The summed E-state index contributed by atoms with van der Waals surface area (Å²) in [6.07, 6.45) is 9.42. The summed E-state index contributed by atoms with van der Waals surface area (Å²) in [7, 11) is 0. The van der Waals surface area contributed by atoms with Gasteiger partial charge in [0, 0.05) is 20.2 Å². The Labute approximate surface area is 154 Å². The molecule has 0 fully saturated rings. The molecule has 0 N–H and O–H groups in total. The van der Waals surface area contributed by atoms with Crippen LogP contribution in [0.3, 0.4) is 0 Å². The number of unbranched alkanes of at least 4 members (excludes halogenated alkanes) is 5. The molecule has 3 aromatic carbocycles. The number of benzene rings is 3. The molecule has 4 aromatic rings. The summed E-state index contributed by atoms with van der Waals surface area (Å²) >= 11 is 1.91. The van der Waals surface area contributed by atoms with Gasteiger partial charge in [-0.1, -0.05) is 75.4 Å². The second-order valence-electron chi connectivity index (χ2n) is 7.15. The average molecular weight is 347 g/mol. The number of aryl methyl sites for hydroxylation is 1. The fraction of sp³-hybridized carbons (Fsp3) is 0.333. The van der Waals surface area contributed by atoms with E-state index in [4.69, 9.17) is 0 Å². The fourth-order valence-corrected chi connectivity index (χ4v) is 4.92. The summed E-state index contributed by atoms with van der Waals surface area (Å²) in [4.78, 5) is 0. The number of fused-ring (bicyclic) bond motifs is 4. The van der Waals surface area contributed by atoms with Gasteiger partial charge in [0.2, 0.25) is 0 Å². The van der Waals surface area contributed by atoms with Gasteiger partial charge < -0.3 is 0 Å². The molecule has 0 bridgehead atoms. The molecule has 0 aliphatic carbocycles. The van der Waals surface area contributed by atoms with Gasteiger partial charge in [-0.25, -0.2) is 0 Å². The first kappa shape index (κ1) is 16.6. The molecule has 1 aromatic heterocycles. The fourth-order valence-electron chi connectivity index (χ4n) is 3.78. The highest BCUT2D eigenvalue weighted by Crippen LogP contribution is 2.36. The predicted octanol–water partition coefficient (Wildman–Crippen LogP) is 8.11. The van der Waals surface area contributed by atoms with Crippen LogP contribution in [-0.4, -0.2) is 0 Å². The Balaban J connectivity index is 1.56. The summed E-state index contributed by atoms with van der Waals surface area (Å²) in [5, 5.41) is 5.54. The van der Waals surface area contributed by atoms with Crippen molar-refractivity contribution in [3.63, 3.8) is 0 Å². The zero-order valence-electron chi connectivity index (χ0n) is 15.1. The maximum atomic E-state index is 2.41. The van der Waals surface area contributed by atoms with Gasteiger partial charge in [0.25, 0.3) is 0 Å². The van der Waals surface area contributed by atoms with Crippen LogP contribution in [0, 0.1) is 0 Å². The van der Waals surface area contributed by atoms with Crippen LogP contribution in [-0.2, 0) is 6.42 Å². The van der Waals surface area contributed by atoms with Gasteiger partial charge in [-0.3, -0.25) is 0 Å². The number of thiophene rings is 1. The van der Waals surface area contributed by atoms with Crippen LogP contribution in [0.25, 0.3) is 30.9 Å². The molecule has 0 atom stereocenters. The highest BCUT2D eigenvalue weighted by atomic mass is 32.1. The van der Waals surface area contributed by atoms with Crippen molar-refractivity contribution in [3.05, 3.63) is 60.2 Å². The minimum absolute atomic E-state index is 1.21. The van der Waals surface area contributed by atoms with Gasteiger partial charge >= 0.3 is 0 Å². The molecular weight excluding hydrogens is 320 g/mol. The molecule has 1 heterocycles. The van der Waals surface area contributed by atoms with Crippen LogP contribution in [0.1, 0.15) is 51.0 Å². The van der Waals surface area contributed by atoms with E-state index < -0.39 is 0 Å². The third kappa shape index (κ3) is 3.57. The van der Waals surface area contributed by atoms with Crippen molar-refractivity contribution >= 4 is 42.3 Å². The van der Waals surface area contributed by atoms with Crippen LogP contribution in [0.2, 0.25) is 0 Å². The van der Waals surface area contributed by atoms with Crippen LogP contribution in [0.5, 0.6) is 0 Å². The van der Waals surface area contributed by atoms with Gasteiger partial charge in [-0.15, -0.1) is 11.3 Å². The Morgan fingerprint density at radius 3 is 2.44 bits per heavy atom. The highest BCUT2D eigenvalue weighted by molar-refractivity contribution is 7.25. The highest BCUT2D eigenvalue weighted by Gasteiger charge is 2.06. The third-order valence-corrected chi connectivity index (χ3v) is 6.35. The summed E-state index contributed by atoms with van der Waals surface area (Å²) in [5.41, 5.74) is 1.49. The molecule has 1 heteroatoms. The van der Waals surface area contributed by atoms with Crippen molar-refractivity contribution in [2.24, 2.45) is 0 Å². The summed E-state index contributed by atoms with van der Waals surface area (Å²) < 4.78 is 2.80. The second-order valence-corrected chi connectivity index (χ2v) is 8.23. The number of hydrogen-bond acceptors (Lipinski definition) is 1. The van der Waals surface area contributed by atoms with E-state index in [0.717, 1.165) is 0 Å². The van der Waals surface area contributed by atoms with Crippen molar-refractivity contribution in [3.8, 4) is 0 Å². The Morgan fingerprint density at radius 2 is 1.52 bits per heavy atom. The molecule has 0 aliphatic heterocycles. The molecule has 0 radical (unpaired) electrons. The molecule has 0 spiro atoms. The van der Waals surface area contributed by atoms with Crippen LogP contribution < -0.4 is 0 Å². The minimum atomic E-state index is 1.21. The Bertz CT molecular complexity index is 993. The molecule has 0 nitrogen and oxygen atoms in total. The van der Waals surface area contributed by atoms with Crippen LogP contribution >= 0.6 is 11.3 Å². The summed E-state index contributed by atoms with van der Waals surface area (Å²) in [5.74, 6) is 0. The first-order valence-electron chi connectivity index (χ1n) is 9.69. The lowest BCUT2D eigenvalue weighted by Crippen LogP contribution is -1.87. The Kier molecular flexibility index (Phi) is 5.03. The first-order chi connectivity index (χ1) is 12.3. The van der Waals surface area contributed by atoms with Gasteiger partial charge in [-0.2, -0.15) is 0 Å². The maximum Gasteiger partial charge on any atom is 0.0361 e. The van der Waals surface area contributed by atoms with Crippen molar-refractivity contribution in [2.45, 2.75) is 51.9 Å². The SMILES string of the molecule is CCCCCCCCc1ccc2cc3c(cc2c1)sc1ccccc13. The molecule has 128 valence electrons. The standard InChI is InChI=1S/C24H26S/c1-2-3-4-5-6-7-10-18-13-14-19-16-22-21-11-8-9-12-23(21)25-24(22)17-20(19)15-18/h8-9,11-17H,2-7,10H2,1H3. The monoisotopic (exact) mass is 346 g/mol. The van der Waals surface area contributed by atoms with Crippen molar-refractivity contribution < 1.29 is 0 Å². The van der Waals surface area contributed by atoms with Gasteiger partial charge in [-0.05, 0) is 47.4 Å². The van der Waals surface area contributed by atoms with Crippen LogP contribution in [0.15, 0.2) is 54.6 Å². The predicted molar refractivity (Wildman–Crippen MR) is 114 cm³/mol. The zero-order chi connectivity index (χ0) is 17.1. The Morgan fingerprint density at radius 1 is 0.680 bits per heavy atom. The van der Waals surface area contributed by atoms with E-state index in [1.807, 2.05) is 11.3 Å². The lowest BCUT2D eigenvalue weighted by Gasteiger charge is -2.05. The molecule has 0 saturated carbocycles. The van der Waals surface area contributed by atoms with Gasteiger partial charge in [0.05, 0.1) is 0 Å². The number of rotatable bonds is 7. The normalized spacial score (nSPS) is 11.7. The lowest BCUT2D eigenvalue weighted by molar-refractivity contribution is 0.607. The smallest absolute Gasteiger partial charge is 0.0361 e. The van der Waals surface area contributed by atoms with E-state index >= 15 is 0 Å². The van der Waals surface area contributed by atoms with Gasteiger partial charge in [0.15, 0.2) is 0 Å². The molecule has 25 heavy (non-hydrogen) atoms. The van der Waals surface area contributed by atoms with Crippen molar-refractivity contribution in [1.29, 1.82) is 0 Å². The van der Waals surface area contributed by atoms with Crippen LogP contribution in [0.4, 0.5) is 0 Å². The molecule has 0 unspecified atom stereocenters. The van der Waals surface area contributed by atoms with E-state index in [-0.39, 0.29) is 0 Å². The molecule has 4 rings (SSSR count). The molecular formula is C24H26S. The van der Waals surface area contributed by atoms with Gasteiger partial charge in [0.1, 0.15) is 0 Å². The number of hydrogen-bond donors (Lipinski definition) is 0. The summed E-state index contributed by atoms with van der Waals surface area (Å²) in [6.45, 7) is 2.28. The first-order valence-corrected chi connectivity index (χ1v) is 10.5. The van der Waals surface area contributed by atoms with E-state index in [0.29, 0.717) is 0 Å². The van der Waals surface area contributed by atoms with E-state index in [1.54, 1.807) is 0 Å². The van der Waals surface area contributed by atoms with Crippen molar-refractivity contribution in [1.82, 2.24) is 0 Å². The molecule has 0 saturated heterocycles. The quantitative estimate of drug-likeness (QED) is 0.296. The zero-order valence-corrected chi connectivity index (χ0v) is 15.9. The molecule has 0 aliphatic rings. The van der Waals surface area contributed by atoms with E-state index in [9.17, 15) is 0 Å². The lowest BCUT2D eigenvalue weighted by atomic mass is 10.0. The second kappa shape index (κ2) is 7.58. The minimum Gasteiger partial charge on any atom is -0.135 e. The topological polar surface area (TPSA) is 0 Å². The average Bonchev–Trinajstić information content (AvgIpc) is 3.00. The largest absolute Gasteiger partial charge is 0.135 e. The third-order valence-electron chi connectivity index (χ3n) is 5.22.